The first-order valence-electron chi connectivity index (χ1n) is 7.40. The molecule has 1 N–H and O–H groups in total. The molecule has 0 amide bonds. The molecule has 1 saturated heterocycles. The summed E-state index contributed by atoms with van der Waals surface area (Å²) in [5.74, 6) is -6.76. The maximum Gasteiger partial charge on any atom is 0.253 e. The van der Waals surface area contributed by atoms with Crippen LogP contribution in [0.15, 0.2) is 24.3 Å². The average Bonchev–Trinajstić information content (AvgIpc) is 3.02. The van der Waals surface area contributed by atoms with Crippen LogP contribution in [0.3, 0.4) is 0 Å². The molecule has 24 heavy (non-hydrogen) atoms. The summed E-state index contributed by atoms with van der Waals surface area (Å²) in [7, 11) is 0. The Morgan fingerprint density at radius 2 is 1.62 bits per heavy atom. The molecule has 1 unspecified atom stereocenters. The lowest BCUT2D eigenvalue weighted by Crippen LogP contribution is -2.23. The van der Waals surface area contributed by atoms with E-state index in [4.69, 9.17) is 0 Å². The number of benzene rings is 1. The molecule has 0 radical (unpaired) electrons. The normalized spacial score (nSPS) is 17.4. The van der Waals surface area contributed by atoms with Gasteiger partial charge in [-0.1, -0.05) is 0 Å². The van der Waals surface area contributed by atoms with Crippen molar-refractivity contribution in [3.8, 4) is 0 Å². The van der Waals surface area contributed by atoms with Crippen LogP contribution in [0.1, 0.15) is 6.42 Å². The number of pyridine rings is 1. The smallest absolute Gasteiger partial charge is 0.253 e. The fourth-order valence-corrected chi connectivity index (χ4v) is 2.77. The van der Waals surface area contributed by atoms with Crippen LogP contribution in [0.25, 0.3) is 0 Å². The molecule has 1 atom stereocenters. The molecule has 1 aliphatic heterocycles. The van der Waals surface area contributed by atoms with Crippen LogP contribution in [0.4, 0.5) is 33.3 Å². The Morgan fingerprint density at radius 3 is 2.25 bits per heavy atom. The number of aromatic nitrogens is 1. The van der Waals surface area contributed by atoms with E-state index in [0.29, 0.717) is 13.1 Å². The molecule has 0 bridgehead atoms. The van der Waals surface area contributed by atoms with Crippen LogP contribution in [0, 0.1) is 35.3 Å². The third kappa shape index (κ3) is 3.27. The van der Waals surface area contributed by atoms with Gasteiger partial charge in [0.25, 0.3) is 11.9 Å². The fourth-order valence-electron chi connectivity index (χ4n) is 2.77. The van der Waals surface area contributed by atoms with Gasteiger partial charge in [-0.05, 0) is 36.6 Å². The molecule has 3 nitrogen and oxygen atoms in total. The van der Waals surface area contributed by atoms with Crippen LogP contribution in [0.5, 0.6) is 0 Å². The van der Waals surface area contributed by atoms with E-state index in [0.717, 1.165) is 12.1 Å². The number of hydrogen-bond acceptors (Lipinski definition) is 3. The predicted octanol–water partition coefficient (Wildman–Crippen LogP) is 3.72. The van der Waals surface area contributed by atoms with Gasteiger partial charge in [0.05, 0.1) is 0 Å². The minimum atomic E-state index is -1.68. The monoisotopic (exact) mass is 343 g/mol. The van der Waals surface area contributed by atoms with E-state index in [1.807, 2.05) is 4.90 Å². The van der Waals surface area contributed by atoms with E-state index in [2.05, 4.69) is 10.3 Å². The van der Waals surface area contributed by atoms with Crippen LogP contribution in [-0.4, -0.2) is 24.6 Å². The van der Waals surface area contributed by atoms with E-state index < -0.39 is 29.2 Å². The summed E-state index contributed by atoms with van der Waals surface area (Å²) < 4.78 is 66.2. The zero-order valence-electron chi connectivity index (χ0n) is 12.5. The highest BCUT2D eigenvalue weighted by Gasteiger charge is 2.25. The standard InChI is InChI=1S/C16H14F5N3/c17-10-1-3-11(4-2-10)24-6-5-9(8-24)7-22-14-12(18)15(20)23-16(21)13(14)19/h1-4,9H,5-8H2,(H,22,23). The first-order valence-corrected chi connectivity index (χ1v) is 7.40. The minimum absolute atomic E-state index is 0.0214. The van der Waals surface area contributed by atoms with E-state index in [1.54, 1.807) is 12.1 Å². The van der Waals surface area contributed by atoms with Crippen molar-refractivity contribution in [2.24, 2.45) is 5.92 Å². The molecule has 1 aromatic carbocycles. The van der Waals surface area contributed by atoms with Gasteiger partial charge >= 0.3 is 0 Å². The van der Waals surface area contributed by atoms with E-state index in [1.165, 1.54) is 12.1 Å². The van der Waals surface area contributed by atoms with Gasteiger partial charge in [0.15, 0.2) is 0 Å². The van der Waals surface area contributed by atoms with Crippen LogP contribution >= 0.6 is 0 Å². The lowest BCUT2D eigenvalue weighted by atomic mass is 10.1. The zero-order valence-corrected chi connectivity index (χ0v) is 12.5. The topological polar surface area (TPSA) is 28.2 Å². The van der Waals surface area contributed by atoms with Gasteiger partial charge in [0.1, 0.15) is 11.5 Å². The number of halogens is 5. The maximum atomic E-state index is 13.5. The lowest BCUT2D eigenvalue weighted by molar-refractivity contribution is 0.410. The lowest BCUT2D eigenvalue weighted by Gasteiger charge is -2.19. The summed E-state index contributed by atoms with van der Waals surface area (Å²) in [4.78, 5) is 4.52. The minimum Gasteiger partial charge on any atom is -0.380 e. The Balaban J connectivity index is 1.64. The van der Waals surface area contributed by atoms with Gasteiger partial charge < -0.3 is 10.2 Å². The Labute approximate surface area is 135 Å². The molecular formula is C16H14F5N3. The molecule has 0 saturated carbocycles. The largest absolute Gasteiger partial charge is 0.380 e. The molecule has 1 aromatic heterocycles. The fraction of sp³-hybridized carbons (Fsp3) is 0.312. The van der Waals surface area contributed by atoms with E-state index in [-0.39, 0.29) is 18.3 Å². The molecule has 0 spiro atoms. The highest BCUT2D eigenvalue weighted by molar-refractivity contribution is 5.48. The van der Waals surface area contributed by atoms with Gasteiger partial charge in [-0.2, -0.15) is 22.5 Å². The van der Waals surface area contributed by atoms with Crippen molar-refractivity contribution in [1.29, 1.82) is 0 Å². The summed E-state index contributed by atoms with van der Waals surface area (Å²) in [5, 5.41) is 2.43. The van der Waals surface area contributed by atoms with Crippen LogP contribution in [-0.2, 0) is 0 Å². The van der Waals surface area contributed by atoms with Crippen molar-refractivity contribution in [1.82, 2.24) is 4.98 Å². The van der Waals surface area contributed by atoms with Gasteiger partial charge in [0.2, 0.25) is 11.6 Å². The van der Waals surface area contributed by atoms with E-state index >= 15 is 0 Å². The summed E-state index contributed by atoms with van der Waals surface area (Å²) >= 11 is 0. The molecule has 128 valence electrons. The molecular weight excluding hydrogens is 329 g/mol. The highest BCUT2D eigenvalue weighted by atomic mass is 19.2. The molecule has 2 heterocycles. The third-order valence-electron chi connectivity index (χ3n) is 4.04. The Kier molecular flexibility index (Phi) is 4.55. The first kappa shape index (κ1) is 16.5. The van der Waals surface area contributed by atoms with Crippen molar-refractivity contribution in [2.45, 2.75) is 6.42 Å². The second-order valence-corrected chi connectivity index (χ2v) is 5.65. The van der Waals surface area contributed by atoms with Crippen molar-refractivity contribution in [3.63, 3.8) is 0 Å². The molecule has 2 aromatic rings. The van der Waals surface area contributed by atoms with Crippen molar-refractivity contribution < 1.29 is 22.0 Å². The quantitative estimate of drug-likeness (QED) is 0.678. The Hall–Kier alpha value is -2.38. The van der Waals surface area contributed by atoms with Crippen molar-refractivity contribution >= 4 is 11.4 Å². The number of rotatable bonds is 4. The molecule has 8 heteroatoms. The zero-order chi connectivity index (χ0) is 17.3. The second-order valence-electron chi connectivity index (χ2n) is 5.65. The summed E-state index contributed by atoms with van der Waals surface area (Å²) in [6.45, 7) is 1.42. The number of nitrogens with zero attached hydrogens (tertiary/aromatic N) is 2. The Bertz CT molecular complexity index is 709. The first-order chi connectivity index (χ1) is 11.5. The summed E-state index contributed by atoms with van der Waals surface area (Å²) in [6.07, 6.45) is 0.726. The van der Waals surface area contributed by atoms with Gasteiger partial charge in [-0.3, -0.25) is 0 Å². The SMILES string of the molecule is Fc1ccc(N2CCC(CNc3c(F)c(F)nc(F)c3F)C2)cc1. The number of anilines is 2. The Morgan fingerprint density at radius 1 is 1.00 bits per heavy atom. The molecule has 1 fully saturated rings. The van der Waals surface area contributed by atoms with Gasteiger partial charge in [0, 0.05) is 25.3 Å². The molecule has 0 aliphatic carbocycles. The predicted molar refractivity (Wildman–Crippen MR) is 79.3 cm³/mol. The maximum absolute atomic E-state index is 13.5. The average molecular weight is 343 g/mol. The number of nitrogens with one attached hydrogen (secondary N) is 1. The second kappa shape index (κ2) is 6.62. The van der Waals surface area contributed by atoms with Crippen LogP contribution in [0.2, 0.25) is 0 Å². The van der Waals surface area contributed by atoms with Gasteiger partial charge in [-0.25, -0.2) is 4.39 Å². The highest BCUT2D eigenvalue weighted by Crippen LogP contribution is 2.26. The van der Waals surface area contributed by atoms with E-state index in [9.17, 15) is 22.0 Å². The van der Waals surface area contributed by atoms with Gasteiger partial charge in [-0.15, -0.1) is 0 Å². The van der Waals surface area contributed by atoms with Crippen LogP contribution < -0.4 is 10.2 Å². The molecule has 1 aliphatic rings. The molecule has 3 rings (SSSR count). The summed E-state index contributed by atoms with van der Waals surface area (Å²) in [6, 6.07) is 6.01. The third-order valence-corrected chi connectivity index (χ3v) is 4.04. The summed E-state index contributed by atoms with van der Waals surface area (Å²) in [5.41, 5.74) is -0.00232. The van der Waals surface area contributed by atoms with Crippen molar-refractivity contribution in [3.05, 3.63) is 53.6 Å². The van der Waals surface area contributed by atoms with Crippen molar-refractivity contribution in [2.75, 3.05) is 29.9 Å². The number of hydrogen-bond donors (Lipinski definition) is 1.